The Kier molecular flexibility index (Phi) is 2.37. The van der Waals surface area contributed by atoms with Gasteiger partial charge >= 0.3 is 0 Å². The Morgan fingerprint density at radius 1 is 0.667 bits per heavy atom. The average molecular weight is 322 g/mol. The van der Waals surface area contributed by atoms with E-state index in [1.54, 1.807) is 0 Å². The normalized spacial score (nSPS) is 12.8. The Labute approximate surface area is 144 Å². The summed E-state index contributed by atoms with van der Waals surface area (Å²) in [4.78, 5) is 0. The highest BCUT2D eigenvalue weighted by Gasteiger charge is 2.25. The molecule has 0 spiro atoms. The molecule has 1 heteroatoms. The molecule has 0 unspecified atom stereocenters. The number of thiophene rings is 1. The second kappa shape index (κ2) is 4.46. The number of hydrogen-bond acceptors (Lipinski definition) is 1. The number of hydrogen-bond donors (Lipinski definition) is 0. The zero-order chi connectivity index (χ0) is 15.7. The minimum Gasteiger partial charge on any atom is -0.134 e. The molecule has 24 heavy (non-hydrogen) atoms. The van der Waals surface area contributed by atoms with E-state index in [2.05, 4.69) is 72.8 Å². The molecule has 0 amide bonds. The molecule has 4 aromatic carbocycles. The smallest absolute Gasteiger partial charge is 0.0443 e. The lowest BCUT2D eigenvalue weighted by molar-refractivity contribution is 1.29. The molecule has 0 aliphatic heterocycles. The summed E-state index contributed by atoms with van der Waals surface area (Å²) in [6.45, 7) is 0. The molecule has 0 fully saturated rings. The fraction of sp³-hybridized carbons (Fsp3) is 0.0435. The van der Waals surface area contributed by atoms with Gasteiger partial charge in [-0.15, -0.1) is 11.3 Å². The quantitative estimate of drug-likeness (QED) is 0.289. The summed E-state index contributed by atoms with van der Waals surface area (Å²) in [6, 6.07) is 26.7. The third kappa shape index (κ3) is 1.48. The molecular formula is C23H14S. The van der Waals surface area contributed by atoms with Crippen molar-refractivity contribution in [3.05, 3.63) is 83.9 Å². The molecule has 1 aliphatic carbocycles. The minimum atomic E-state index is 1.05. The van der Waals surface area contributed by atoms with Gasteiger partial charge in [-0.1, -0.05) is 66.7 Å². The van der Waals surface area contributed by atoms with E-state index in [0.717, 1.165) is 6.42 Å². The molecule has 6 rings (SSSR count). The predicted octanol–water partition coefficient (Wildman–Crippen LogP) is 6.78. The molecule has 1 aromatic heterocycles. The van der Waals surface area contributed by atoms with Crippen LogP contribution in [0.1, 0.15) is 11.1 Å². The molecule has 0 bridgehead atoms. The van der Waals surface area contributed by atoms with Crippen LogP contribution in [0.4, 0.5) is 0 Å². The number of rotatable bonds is 0. The van der Waals surface area contributed by atoms with Crippen molar-refractivity contribution >= 4 is 42.3 Å². The molecule has 0 saturated carbocycles. The minimum absolute atomic E-state index is 1.05. The van der Waals surface area contributed by atoms with Gasteiger partial charge in [0.15, 0.2) is 0 Å². The third-order valence-electron chi connectivity index (χ3n) is 5.30. The van der Waals surface area contributed by atoms with Gasteiger partial charge in [-0.05, 0) is 39.9 Å². The summed E-state index contributed by atoms with van der Waals surface area (Å²) in [5, 5.41) is 5.64. The number of benzene rings is 4. The van der Waals surface area contributed by atoms with Gasteiger partial charge in [0.1, 0.15) is 0 Å². The second-order valence-corrected chi connectivity index (χ2v) is 7.59. The van der Waals surface area contributed by atoms with Crippen LogP contribution in [0.5, 0.6) is 0 Å². The van der Waals surface area contributed by atoms with E-state index in [1.807, 2.05) is 11.3 Å². The zero-order valence-electron chi connectivity index (χ0n) is 13.0. The molecular weight excluding hydrogens is 308 g/mol. The zero-order valence-corrected chi connectivity index (χ0v) is 13.9. The molecule has 0 saturated heterocycles. The van der Waals surface area contributed by atoms with Gasteiger partial charge in [-0.2, -0.15) is 0 Å². The van der Waals surface area contributed by atoms with E-state index in [-0.39, 0.29) is 0 Å². The molecule has 0 atom stereocenters. The summed E-state index contributed by atoms with van der Waals surface area (Å²) in [7, 11) is 0. The lowest BCUT2D eigenvalue weighted by atomic mass is 9.95. The standard InChI is InChI=1S/C23H14S/c1-2-8-15-14(7-1)13-19-16-9-3-4-10-17(16)22-18-11-5-6-12-20(18)24-23(22)21(15)19/h1-12H,13H2. The van der Waals surface area contributed by atoms with Gasteiger partial charge in [-0.3, -0.25) is 0 Å². The summed E-state index contributed by atoms with van der Waals surface area (Å²) < 4.78 is 2.84. The second-order valence-electron chi connectivity index (χ2n) is 6.54. The van der Waals surface area contributed by atoms with E-state index in [9.17, 15) is 0 Å². The predicted molar refractivity (Wildman–Crippen MR) is 105 cm³/mol. The summed E-state index contributed by atoms with van der Waals surface area (Å²) in [6.07, 6.45) is 1.05. The van der Waals surface area contributed by atoms with Crippen molar-refractivity contribution in [3.63, 3.8) is 0 Å². The van der Waals surface area contributed by atoms with Crippen LogP contribution in [0.2, 0.25) is 0 Å². The van der Waals surface area contributed by atoms with Crippen molar-refractivity contribution in [1.29, 1.82) is 0 Å². The highest BCUT2D eigenvalue weighted by atomic mass is 32.1. The first kappa shape index (κ1) is 12.7. The van der Waals surface area contributed by atoms with Crippen molar-refractivity contribution in [2.24, 2.45) is 0 Å². The van der Waals surface area contributed by atoms with E-state index in [1.165, 1.54) is 53.2 Å². The van der Waals surface area contributed by atoms with Gasteiger partial charge in [0.25, 0.3) is 0 Å². The lowest BCUT2D eigenvalue weighted by Crippen LogP contribution is -1.85. The molecule has 1 heterocycles. The fourth-order valence-electron chi connectivity index (χ4n) is 4.30. The van der Waals surface area contributed by atoms with E-state index in [0.29, 0.717) is 0 Å². The largest absolute Gasteiger partial charge is 0.134 e. The van der Waals surface area contributed by atoms with Crippen LogP contribution in [0, 0.1) is 0 Å². The maximum Gasteiger partial charge on any atom is 0.0443 e. The van der Waals surface area contributed by atoms with Crippen molar-refractivity contribution in [2.45, 2.75) is 6.42 Å². The van der Waals surface area contributed by atoms with E-state index < -0.39 is 0 Å². The molecule has 5 aromatic rings. The molecule has 0 N–H and O–H groups in total. The third-order valence-corrected chi connectivity index (χ3v) is 6.49. The van der Waals surface area contributed by atoms with Crippen LogP contribution in [-0.2, 0) is 6.42 Å². The lowest BCUT2D eigenvalue weighted by Gasteiger charge is -2.09. The highest BCUT2D eigenvalue weighted by molar-refractivity contribution is 7.26. The molecule has 112 valence electrons. The van der Waals surface area contributed by atoms with Crippen LogP contribution in [0.3, 0.4) is 0 Å². The molecule has 0 radical (unpaired) electrons. The van der Waals surface area contributed by atoms with Crippen LogP contribution >= 0.6 is 11.3 Å². The fourth-order valence-corrected chi connectivity index (χ4v) is 5.61. The first-order valence-electron chi connectivity index (χ1n) is 8.35. The van der Waals surface area contributed by atoms with Crippen molar-refractivity contribution in [2.75, 3.05) is 0 Å². The Morgan fingerprint density at radius 3 is 2.29 bits per heavy atom. The van der Waals surface area contributed by atoms with Gasteiger partial charge in [0.2, 0.25) is 0 Å². The topological polar surface area (TPSA) is 0 Å². The van der Waals surface area contributed by atoms with E-state index >= 15 is 0 Å². The van der Waals surface area contributed by atoms with Crippen LogP contribution in [-0.4, -0.2) is 0 Å². The van der Waals surface area contributed by atoms with Gasteiger partial charge in [-0.25, -0.2) is 0 Å². The average Bonchev–Trinajstić information content (AvgIpc) is 3.20. The maximum absolute atomic E-state index is 2.30. The van der Waals surface area contributed by atoms with Crippen LogP contribution in [0.25, 0.3) is 42.1 Å². The van der Waals surface area contributed by atoms with Gasteiger partial charge < -0.3 is 0 Å². The molecule has 0 nitrogen and oxygen atoms in total. The first-order valence-corrected chi connectivity index (χ1v) is 9.16. The Morgan fingerprint density at radius 2 is 1.38 bits per heavy atom. The first-order chi connectivity index (χ1) is 11.9. The van der Waals surface area contributed by atoms with Crippen molar-refractivity contribution in [1.82, 2.24) is 0 Å². The highest BCUT2D eigenvalue weighted by Crippen LogP contribution is 2.50. The Balaban J connectivity index is 1.96. The number of fused-ring (bicyclic) bond motifs is 10. The Hall–Kier alpha value is -2.64. The summed E-state index contributed by atoms with van der Waals surface area (Å²) in [5.74, 6) is 0. The summed E-state index contributed by atoms with van der Waals surface area (Å²) in [5.41, 5.74) is 5.86. The van der Waals surface area contributed by atoms with Crippen LogP contribution < -0.4 is 0 Å². The summed E-state index contributed by atoms with van der Waals surface area (Å²) >= 11 is 1.95. The van der Waals surface area contributed by atoms with Crippen molar-refractivity contribution in [3.8, 4) is 11.1 Å². The van der Waals surface area contributed by atoms with Gasteiger partial charge in [0, 0.05) is 25.7 Å². The van der Waals surface area contributed by atoms with Gasteiger partial charge in [0.05, 0.1) is 0 Å². The molecule has 1 aliphatic rings. The SMILES string of the molecule is c1ccc2c(c1)Cc1c-2c2sc3ccccc3c2c2ccccc12. The monoisotopic (exact) mass is 322 g/mol. The van der Waals surface area contributed by atoms with Crippen LogP contribution in [0.15, 0.2) is 72.8 Å². The van der Waals surface area contributed by atoms with Crippen molar-refractivity contribution < 1.29 is 0 Å². The van der Waals surface area contributed by atoms with E-state index in [4.69, 9.17) is 0 Å². The Bertz CT molecular complexity index is 1270. The maximum atomic E-state index is 2.30.